The fourth-order valence-corrected chi connectivity index (χ4v) is 5.25. The SMILES string of the molecule is CN1[C@H](C(=O)Nc2ccc(F)c(Cl)c2)C[C@H](c2cccc(-c3ccc(C#N)cc3)c2)NS1(=O)=O. The Balaban J connectivity index is 1.60. The van der Waals surface area contributed by atoms with Gasteiger partial charge in [-0.3, -0.25) is 4.79 Å². The first-order valence-electron chi connectivity index (χ1n) is 10.3. The molecule has 0 spiro atoms. The molecule has 1 saturated heterocycles. The van der Waals surface area contributed by atoms with Crippen LogP contribution in [0.5, 0.6) is 0 Å². The van der Waals surface area contributed by atoms with E-state index in [2.05, 4.69) is 16.1 Å². The molecule has 0 aliphatic carbocycles. The molecule has 3 aromatic carbocycles. The summed E-state index contributed by atoms with van der Waals surface area (Å²) in [5.41, 5.74) is 3.22. The first-order chi connectivity index (χ1) is 16.2. The molecule has 0 bridgehead atoms. The third-order valence-electron chi connectivity index (χ3n) is 5.69. The monoisotopic (exact) mass is 498 g/mol. The van der Waals surface area contributed by atoms with Crippen molar-refractivity contribution >= 4 is 33.4 Å². The quantitative estimate of drug-likeness (QED) is 0.561. The van der Waals surface area contributed by atoms with Gasteiger partial charge in [0.1, 0.15) is 11.9 Å². The summed E-state index contributed by atoms with van der Waals surface area (Å²) in [7, 11) is -2.62. The highest BCUT2D eigenvalue weighted by atomic mass is 35.5. The predicted octanol–water partition coefficient (Wildman–Crippen LogP) is 4.24. The second kappa shape index (κ2) is 9.52. The van der Waals surface area contributed by atoms with Crippen LogP contribution < -0.4 is 10.0 Å². The van der Waals surface area contributed by atoms with Gasteiger partial charge in [-0.15, -0.1) is 0 Å². The van der Waals surface area contributed by atoms with Gasteiger partial charge in [0.2, 0.25) is 5.91 Å². The van der Waals surface area contributed by atoms with Crippen LogP contribution in [0.2, 0.25) is 5.02 Å². The van der Waals surface area contributed by atoms with E-state index in [4.69, 9.17) is 16.9 Å². The first kappa shape index (κ1) is 23.9. The number of nitrogens with zero attached hydrogens (tertiary/aromatic N) is 2. The molecule has 174 valence electrons. The molecule has 2 N–H and O–H groups in total. The van der Waals surface area contributed by atoms with Gasteiger partial charge in [0, 0.05) is 18.8 Å². The summed E-state index contributed by atoms with van der Waals surface area (Å²) >= 11 is 5.78. The van der Waals surface area contributed by atoms with Crippen molar-refractivity contribution in [2.24, 2.45) is 0 Å². The van der Waals surface area contributed by atoms with Gasteiger partial charge in [-0.05, 0) is 59.5 Å². The van der Waals surface area contributed by atoms with E-state index in [1.54, 1.807) is 18.2 Å². The minimum Gasteiger partial charge on any atom is -0.325 e. The second-order valence-electron chi connectivity index (χ2n) is 7.88. The van der Waals surface area contributed by atoms with Crippen molar-refractivity contribution in [2.45, 2.75) is 18.5 Å². The molecular formula is C24H20ClFN4O3S. The number of amides is 1. The summed E-state index contributed by atoms with van der Waals surface area (Å²) in [6, 6.07) is 18.6. The largest absolute Gasteiger partial charge is 0.325 e. The third-order valence-corrected chi connectivity index (χ3v) is 7.58. The van der Waals surface area contributed by atoms with Crippen LogP contribution in [0.4, 0.5) is 10.1 Å². The van der Waals surface area contributed by atoms with Crippen LogP contribution in [0.15, 0.2) is 66.7 Å². The first-order valence-corrected chi connectivity index (χ1v) is 12.1. The number of likely N-dealkylation sites (N-methyl/N-ethyl adjacent to an activating group) is 1. The molecule has 1 amide bonds. The van der Waals surface area contributed by atoms with Crippen LogP contribution in [0.3, 0.4) is 0 Å². The highest BCUT2D eigenvalue weighted by Gasteiger charge is 2.40. The lowest BCUT2D eigenvalue weighted by molar-refractivity contribution is -0.120. The summed E-state index contributed by atoms with van der Waals surface area (Å²) in [4.78, 5) is 13.0. The molecule has 2 atom stereocenters. The van der Waals surface area contributed by atoms with Crippen LogP contribution in [-0.2, 0) is 15.0 Å². The normalized spacial score (nSPS) is 19.8. The van der Waals surface area contributed by atoms with Crippen LogP contribution in [0.25, 0.3) is 11.1 Å². The van der Waals surface area contributed by atoms with Crippen molar-refractivity contribution in [3.8, 4) is 17.2 Å². The summed E-state index contributed by atoms with van der Waals surface area (Å²) in [5.74, 6) is -1.17. The molecule has 1 heterocycles. The number of halogens is 2. The Hall–Kier alpha value is -3.29. The maximum absolute atomic E-state index is 13.4. The Labute approximate surface area is 202 Å². The fraction of sp³-hybridized carbons (Fsp3) is 0.167. The molecule has 1 aliphatic rings. The lowest BCUT2D eigenvalue weighted by atomic mass is 9.95. The number of hydrogen-bond donors (Lipinski definition) is 2. The molecule has 3 aromatic rings. The molecule has 7 nitrogen and oxygen atoms in total. The van der Waals surface area contributed by atoms with Gasteiger partial charge < -0.3 is 5.32 Å². The fourth-order valence-electron chi connectivity index (χ4n) is 3.80. The third kappa shape index (κ3) is 4.95. The Bertz CT molecular complexity index is 1390. The summed E-state index contributed by atoms with van der Waals surface area (Å²) in [6.07, 6.45) is 0.174. The van der Waals surface area contributed by atoms with Crippen LogP contribution in [0.1, 0.15) is 23.6 Å². The summed E-state index contributed by atoms with van der Waals surface area (Å²) < 4.78 is 42.6. The average Bonchev–Trinajstić information content (AvgIpc) is 2.83. The Morgan fingerprint density at radius 2 is 1.88 bits per heavy atom. The highest BCUT2D eigenvalue weighted by Crippen LogP contribution is 2.31. The van der Waals surface area contributed by atoms with E-state index < -0.39 is 34.0 Å². The zero-order valence-electron chi connectivity index (χ0n) is 18.0. The van der Waals surface area contributed by atoms with Crippen molar-refractivity contribution in [1.29, 1.82) is 5.26 Å². The lowest BCUT2D eigenvalue weighted by Gasteiger charge is -2.36. The highest BCUT2D eigenvalue weighted by molar-refractivity contribution is 7.87. The van der Waals surface area contributed by atoms with Crippen LogP contribution in [-0.4, -0.2) is 31.7 Å². The van der Waals surface area contributed by atoms with Crippen molar-refractivity contribution < 1.29 is 17.6 Å². The molecule has 0 unspecified atom stereocenters. The van der Waals surface area contributed by atoms with E-state index >= 15 is 0 Å². The zero-order chi connectivity index (χ0) is 24.5. The minimum absolute atomic E-state index is 0.151. The van der Waals surface area contributed by atoms with Crippen LogP contribution in [0, 0.1) is 17.1 Å². The molecule has 0 radical (unpaired) electrons. The van der Waals surface area contributed by atoms with Crippen molar-refractivity contribution in [1.82, 2.24) is 9.03 Å². The molecule has 10 heteroatoms. The minimum atomic E-state index is -3.95. The Morgan fingerprint density at radius 1 is 1.15 bits per heavy atom. The van der Waals surface area contributed by atoms with Gasteiger partial charge in [0.15, 0.2) is 0 Å². The molecular weight excluding hydrogens is 479 g/mol. The number of nitrogens with one attached hydrogen (secondary N) is 2. The Kier molecular flexibility index (Phi) is 6.68. The number of hydrogen-bond acceptors (Lipinski definition) is 4. The van der Waals surface area contributed by atoms with E-state index in [9.17, 15) is 17.6 Å². The number of carbonyl (C=O) groups is 1. The molecule has 1 fully saturated rings. The number of anilines is 1. The number of rotatable bonds is 4. The molecule has 0 aromatic heterocycles. The number of benzene rings is 3. The summed E-state index contributed by atoms with van der Waals surface area (Å²) in [5, 5.41) is 11.5. The number of nitriles is 1. The number of carbonyl (C=O) groups excluding carboxylic acids is 1. The van der Waals surface area contributed by atoms with E-state index in [0.717, 1.165) is 21.5 Å². The predicted molar refractivity (Wildman–Crippen MR) is 128 cm³/mol. The van der Waals surface area contributed by atoms with E-state index in [0.29, 0.717) is 11.1 Å². The van der Waals surface area contributed by atoms with Gasteiger partial charge in [-0.2, -0.15) is 22.7 Å². The second-order valence-corrected chi connectivity index (χ2v) is 10.0. The zero-order valence-corrected chi connectivity index (χ0v) is 19.6. The molecule has 1 aliphatic heterocycles. The van der Waals surface area contributed by atoms with Gasteiger partial charge in [-0.1, -0.05) is 41.9 Å². The van der Waals surface area contributed by atoms with Crippen molar-refractivity contribution in [3.05, 3.63) is 88.7 Å². The summed E-state index contributed by atoms with van der Waals surface area (Å²) in [6.45, 7) is 0. The lowest BCUT2D eigenvalue weighted by Crippen LogP contribution is -2.55. The van der Waals surface area contributed by atoms with Crippen molar-refractivity contribution in [3.63, 3.8) is 0 Å². The topological polar surface area (TPSA) is 102 Å². The molecule has 34 heavy (non-hydrogen) atoms. The average molecular weight is 499 g/mol. The Morgan fingerprint density at radius 3 is 2.56 bits per heavy atom. The van der Waals surface area contributed by atoms with E-state index in [1.807, 2.05) is 30.3 Å². The smallest absolute Gasteiger partial charge is 0.280 e. The maximum atomic E-state index is 13.4. The van der Waals surface area contributed by atoms with Crippen LogP contribution >= 0.6 is 11.6 Å². The molecule has 4 rings (SSSR count). The van der Waals surface area contributed by atoms with Gasteiger partial charge in [0.25, 0.3) is 10.2 Å². The maximum Gasteiger partial charge on any atom is 0.280 e. The molecule has 0 saturated carbocycles. The van der Waals surface area contributed by atoms with Crippen molar-refractivity contribution in [2.75, 3.05) is 12.4 Å². The standard InChI is InChI=1S/C24H20ClFN4O3S/c1-30-23(24(31)28-19-9-10-21(26)20(25)12-19)13-22(29-34(30,32)33)18-4-2-3-17(11-18)16-7-5-15(14-27)6-8-16/h2-12,22-23,29H,13H2,1H3,(H,28,31)/t22-,23+/m1/s1. The van der Waals surface area contributed by atoms with E-state index in [-0.39, 0.29) is 17.1 Å². The van der Waals surface area contributed by atoms with Gasteiger partial charge in [0.05, 0.1) is 16.7 Å². The van der Waals surface area contributed by atoms with E-state index in [1.165, 1.54) is 19.2 Å². The van der Waals surface area contributed by atoms with Gasteiger partial charge in [-0.25, -0.2) is 4.39 Å². The van der Waals surface area contributed by atoms with Gasteiger partial charge >= 0.3 is 0 Å².